The molecule has 2 aromatic carbocycles. The van der Waals surface area contributed by atoms with E-state index in [1.54, 1.807) is 13.2 Å². The topological polar surface area (TPSA) is 63.2 Å². The van der Waals surface area contributed by atoms with Gasteiger partial charge in [-0.1, -0.05) is 30.3 Å². The van der Waals surface area contributed by atoms with Gasteiger partial charge in [0.25, 0.3) is 0 Å². The van der Waals surface area contributed by atoms with Crippen LogP contribution in [0.25, 0.3) is 17.0 Å². The number of aryl methyl sites for hydroxylation is 1. The van der Waals surface area contributed by atoms with Crippen LogP contribution in [0, 0.1) is 6.92 Å². The van der Waals surface area contributed by atoms with Crippen molar-refractivity contribution in [3.05, 3.63) is 71.9 Å². The molecule has 0 bridgehead atoms. The molecule has 0 atom stereocenters. The smallest absolute Gasteiger partial charge is 0.250 e. The number of aromatic nitrogens is 1. The summed E-state index contributed by atoms with van der Waals surface area (Å²) in [4.78, 5) is 16.6. The van der Waals surface area contributed by atoms with E-state index >= 15 is 0 Å². The summed E-state index contributed by atoms with van der Waals surface area (Å²) in [7, 11) is 1.61. The van der Waals surface area contributed by atoms with Gasteiger partial charge in [-0.15, -0.1) is 0 Å². The Hall–Kier alpha value is -3.25. The molecule has 1 heterocycles. The molecule has 0 aliphatic carbocycles. The molecule has 0 aliphatic rings. The molecule has 5 nitrogen and oxygen atoms in total. The van der Waals surface area contributed by atoms with Gasteiger partial charge in [0.2, 0.25) is 5.91 Å². The van der Waals surface area contributed by atoms with Gasteiger partial charge in [0.1, 0.15) is 5.75 Å². The summed E-state index contributed by atoms with van der Waals surface area (Å²) in [5.74, 6) is 0.452. The molecule has 6 heteroatoms. The molecule has 0 aliphatic heterocycles. The van der Waals surface area contributed by atoms with Gasteiger partial charge in [0.05, 0.1) is 18.3 Å². The predicted molar refractivity (Wildman–Crippen MR) is 113 cm³/mol. The third-order valence-corrected chi connectivity index (χ3v) is 4.09. The zero-order valence-electron chi connectivity index (χ0n) is 15.0. The van der Waals surface area contributed by atoms with Crippen molar-refractivity contribution in [2.24, 2.45) is 0 Å². The number of rotatable bonds is 4. The molecule has 136 valence electrons. The van der Waals surface area contributed by atoms with Gasteiger partial charge in [-0.25, -0.2) is 0 Å². The van der Waals surface area contributed by atoms with E-state index in [9.17, 15) is 4.79 Å². The fraction of sp³-hybridized carbons (Fsp3) is 0.0952. The third kappa shape index (κ3) is 4.89. The highest BCUT2D eigenvalue weighted by Crippen LogP contribution is 2.21. The van der Waals surface area contributed by atoms with E-state index in [1.807, 2.05) is 61.5 Å². The number of nitrogens with zero attached hydrogens (tertiary/aromatic N) is 1. The average molecular weight is 377 g/mol. The molecule has 0 fully saturated rings. The number of ether oxygens (including phenoxy) is 1. The minimum atomic E-state index is -0.312. The zero-order chi connectivity index (χ0) is 19.2. The fourth-order valence-corrected chi connectivity index (χ4v) is 2.75. The first-order valence-corrected chi connectivity index (χ1v) is 8.76. The number of pyridine rings is 1. The van der Waals surface area contributed by atoms with E-state index in [-0.39, 0.29) is 11.0 Å². The van der Waals surface area contributed by atoms with E-state index in [0.717, 1.165) is 33.6 Å². The molecule has 1 amide bonds. The molecule has 0 unspecified atom stereocenters. The van der Waals surface area contributed by atoms with E-state index in [0.29, 0.717) is 0 Å². The molecule has 0 radical (unpaired) electrons. The molecule has 3 rings (SSSR count). The lowest BCUT2D eigenvalue weighted by Gasteiger charge is -2.10. The summed E-state index contributed by atoms with van der Waals surface area (Å²) in [5.41, 5.74) is 3.36. The predicted octanol–water partition coefficient (Wildman–Crippen LogP) is 4.08. The van der Waals surface area contributed by atoms with Gasteiger partial charge in [-0.05, 0) is 55.0 Å². The molecular weight excluding hydrogens is 358 g/mol. The Bertz CT molecular complexity index is 1010. The van der Waals surface area contributed by atoms with Crippen molar-refractivity contribution in [3.8, 4) is 5.75 Å². The lowest BCUT2D eigenvalue weighted by molar-refractivity contribution is -0.115. The normalized spacial score (nSPS) is 10.7. The standard InChI is InChI=1S/C21H19N3O2S/c1-14-6-10-16-4-3-5-18(20(16)22-14)23-21(27)24-19(25)13-9-15-7-11-17(26-2)12-8-15/h3-13H,1-2H3,(H2,23,24,25,27)/b13-9+. The van der Waals surface area contributed by atoms with Crippen LogP contribution in [0.5, 0.6) is 5.75 Å². The Morgan fingerprint density at radius 1 is 1.11 bits per heavy atom. The van der Waals surface area contributed by atoms with Gasteiger partial charge in [-0.2, -0.15) is 0 Å². The number of fused-ring (bicyclic) bond motifs is 1. The van der Waals surface area contributed by atoms with Crippen LogP contribution in [-0.4, -0.2) is 23.1 Å². The average Bonchev–Trinajstić information content (AvgIpc) is 2.67. The van der Waals surface area contributed by atoms with Crippen molar-refractivity contribution in [3.63, 3.8) is 0 Å². The second kappa shape index (κ2) is 8.42. The van der Waals surface area contributed by atoms with Crippen LogP contribution >= 0.6 is 12.2 Å². The Labute approximate surface area is 163 Å². The first-order chi connectivity index (χ1) is 13.0. The van der Waals surface area contributed by atoms with Crippen molar-refractivity contribution in [1.29, 1.82) is 0 Å². The van der Waals surface area contributed by atoms with Crippen LogP contribution in [0.3, 0.4) is 0 Å². The Morgan fingerprint density at radius 2 is 1.89 bits per heavy atom. The molecule has 2 N–H and O–H groups in total. The highest BCUT2D eigenvalue weighted by molar-refractivity contribution is 7.80. The van der Waals surface area contributed by atoms with Crippen molar-refractivity contribution < 1.29 is 9.53 Å². The molecule has 0 spiro atoms. The van der Waals surface area contributed by atoms with Crippen LogP contribution in [0.4, 0.5) is 5.69 Å². The maximum Gasteiger partial charge on any atom is 0.250 e. The first kappa shape index (κ1) is 18.5. The first-order valence-electron chi connectivity index (χ1n) is 8.35. The summed E-state index contributed by atoms with van der Waals surface area (Å²) in [6.45, 7) is 1.93. The Morgan fingerprint density at radius 3 is 2.63 bits per heavy atom. The van der Waals surface area contributed by atoms with E-state index in [2.05, 4.69) is 15.6 Å². The van der Waals surface area contributed by atoms with Gasteiger partial charge in [0.15, 0.2) is 5.11 Å². The van der Waals surface area contributed by atoms with E-state index < -0.39 is 0 Å². The van der Waals surface area contributed by atoms with Crippen molar-refractivity contribution in [1.82, 2.24) is 10.3 Å². The number of para-hydroxylation sites is 1. The summed E-state index contributed by atoms with van der Waals surface area (Å²) >= 11 is 5.25. The van der Waals surface area contributed by atoms with Gasteiger partial charge < -0.3 is 10.1 Å². The number of benzene rings is 2. The highest BCUT2D eigenvalue weighted by Gasteiger charge is 2.06. The molecule has 0 saturated carbocycles. The number of nitrogens with one attached hydrogen (secondary N) is 2. The number of carbonyl (C=O) groups is 1. The quantitative estimate of drug-likeness (QED) is 0.530. The van der Waals surface area contributed by atoms with E-state index in [1.165, 1.54) is 6.08 Å². The lowest BCUT2D eigenvalue weighted by atomic mass is 10.2. The number of thiocarbonyl (C=S) groups is 1. The summed E-state index contributed by atoms with van der Waals surface area (Å²) < 4.78 is 5.11. The summed E-state index contributed by atoms with van der Waals surface area (Å²) in [6.07, 6.45) is 3.14. The second-order valence-corrected chi connectivity index (χ2v) is 6.29. The molecule has 0 saturated heterocycles. The molecular formula is C21H19N3O2S. The molecule has 1 aromatic heterocycles. The Kier molecular flexibility index (Phi) is 5.78. The van der Waals surface area contributed by atoms with Gasteiger partial charge >= 0.3 is 0 Å². The summed E-state index contributed by atoms with van der Waals surface area (Å²) in [5, 5.41) is 6.90. The van der Waals surface area contributed by atoms with Gasteiger partial charge in [0, 0.05) is 17.2 Å². The summed E-state index contributed by atoms with van der Waals surface area (Å²) in [6, 6.07) is 17.1. The third-order valence-electron chi connectivity index (χ3n) is 3.89. The van der Waals surface area contributed by atoms with Crippen molar-refractivity contribution >= 4 is 45.9 Å². The monoisotopic (exact) mass is 377 g/mol. The molecule has 3 aromatic rings. The number of hydrogen-bond acceptors (Lipinski definition) is 4. The number of carbonyl (C=O) groups excluding carboxylic acids is 1. The van der Waals surface area contributed by atoms with Crippen molar-refractivity contribution in [2.75, 3.05) is 12.4 Å². The maximum absolute atomic E-state index is 12.1. The van der Waals surface area contributed by atoms with Crippen LogP contribution in [-0.2, 0) is 4.79 Å². The largest absolute Gasteiger partial charge is 0.497 e. The van der Waals surface area contributed by atoms with Crippen LogP contribution in [0.2, 0.25) is 0 Å². The lowest BCUT2D eigenvalue weighted by Crippen LogP contribution is -2.32. The van der Waals surface area contributed by atoms with E-state index in [4.69, 9.17) is 17.0 Å². The minimum absolute atomic E-state index is 0.218. The number of hydrogen-bond donors (Lipinski definition) is 2. The van der Waals surface area contributed by atoms with Gasteiger partial charge in [-0.3, -0.25) is 15.1 Å². The highest BCUT2D eigenvalue weighted by atomic mass is 32.1. The maximum atomic E-state index is 12.1. The number of anilines is 1. The SMILES string of the molecule is COc1ccc(/C=C/C(=O)NC(=S)Nc2cccc3ccc(C)nc23)cc1. The minimum Gasteiger partial charge on any atom is -0.497 e. The Balaban J connectivity index is 1.64. The molecule has 27 heavy (non-hydrogen) atoms. The second-order valence-electron chi connectivity index (χ2n) is 5.88. The van der Waals surface area contributed by atoms with Crippen LogP contribution in [0.15, 0.2) is 60.7 Å². The van der Waals surface area contributed by atoms with Crippen LogP contribution in [0.1, 0.15) is 11.3 Å². The van der Waals surface area contributed by atoms with Crippen LogP contribution < -0.4 is 15.4 Å². The number of methoxy groups -OCH3 is 1. The number of amides is 1. The van der Waals surface area contributed by atoms with Crippen molar-refractivity contribution in [2.45, 2.75) is 6.92 Å². The zero-order valence-corrected chi connectivity index (χ0v) is 15.8. The fourth-order valence-electron chi connectivity index (χ4n) is 2.54.